The molecule has 10 heteroatoms. The van der Waals surface area contributed by atoms with Crippen molar-refractivity contribution in [1.29, 1.82) is 0 Å². The van der Waals surface area contributed by atoms with Crippen molar-refractivity contribution in [1.82, 2.24) is 20.3 Å². The second kappa shape index (κ2) is 5.95. The number of aromatic nitrogens is 4. The lowest BCUT2D eigenvalue weighted by Crippen LogP contribution is -2.10. The number of nitrogens with one attached hydrogen (secondary N) is 1. The van der Waals surface area contributed by atoms with Crippen molar-refractivity contribution in [3.05, 3.63) is 29.8 Å². The van der Waals surface area contributed by atoms with Gasteiger partial charge in [0.1, 0.15) is 0 Å². The van der Waals surface area contributed by atoms with E-state index in [4.69, 9.17) is 4.74 Å². The lowest BCUT2D eigenvalue weighted by Gasteiger charge is -2.13. The topological polar surface area (TPSA) is 86.0 Å². The Bertz CT molecular complexity index is 846. The third-order valence-corrected chi connectivity index (χ3v) is 2.90. The molecule has 0 aliphatic rings. The van der Waals surface area contributed by atoms with E-state index in [1.807, 2.05) is 0 Å². The quantitative estimate of drug-likeness (QED) is 0.777. The van der Waals surface area contributed by atoms with Gasteiger partial charge in [0, 0.05) is 5.69 Å². The molecule has 0 unspecified atom stereocenters. The summed E-state index contributed by atoms with van der Waals surface area (Å²) < 4.78 is 47.9. The number of hydrogen-bond acceptors (Lipinski definition) is 7. The fourth-order valence-corrected chi connectivity index (χ4v) is 1.89. The van der Waals surface area contributed by atoms with E-state index in [0.29, 0.717) is 5.69 Å². The first-order valence-corrected chi connectivity index (χ1v) is 6.94. The van der Waals surface area contributed by atoms with Crippen LogP contribution in [0.2, 0.25) is 0 Å². The van der Waals surface area contributed by atoms with Gasteiger partial charge in [-0.1, -0.05) is 0 Å². The van der Waals surface area contributed by atoms with Gasteiger partial charge in [0.05, 0.1) is 11.7 Å². The molecule has 3 aromatic rings. The van der Waals surface area contributed by atoms with Gasteiger partial charge in [-0.3, -0.25) is 0 Å². The van der Waals surface area contributed by atoms with Crippen LogP contribution < -0.4 is 10.1 Å². The van der Waals surface area contributed by atoms with Crippen molar-refractivity contribution >= 4 is 22.8 Å². The zero-order valence-electron chi connectivity index (χ0n) is 12.6. The van der Waals surface area contributed by atoms with Crippen LogP contribution in [-0.4, -0.2) is 26.4 Å². The number of anilines is 2. The summed E-state index contributed by atoms with van der Waals surface area (Å²) in [5.41, 5.74) is -0.0280. The zero-order valence-corrected chi connectivity index (χ0v) is 12.6. The molecule has 7 nitrogen and oxygen atoms in total. The molecule has 0 saturated carbocycles. The van der Waals surface area contributed by atoms with Crippen LogP contribution in [0.5, 0.6) is 5.88 Å². The third-order valence-electron chi connectivity index (χ3n) is 2.90. The summed E-state index contributed by atoms with van der Waals surface area (Å²) in [5, 5.41) is 10.0. The Hall–Kier alpha value is -2.91. The monoisotopic (exact) mass is 339 g/mol. The van der Waals surface area contributed by atoms with E-state index in [2.05, 4.69) is 30.2 Å². The number of alkyl halides is 3. The predicted molar refractivity (Wildman–Crippen MR) is 77.9 cm³/mol. The Balaban J connectivity index is 1.93. The smallest absolute Gasteiger partial charge is 0.416 e. The molecule has 0 amide bonds. The van der Waals surface area contributed by atoms with Crippen LogP contribution >= 0.6 is 0 Å². The first-order valence-electron chi connectivity index (χ1n) is 6.94. The highest BCUT2D eigenvalue weighted by Crippen LogP contribution is 2.31. The number of rotatable bonds is 4. The van der Waals surface area contributed by atoms with Gasteiger partial charge in [-0.2, -0.15) is 23.1 Å². The molecule has 2 heterocycles. The Labute approximate surface area is 133 Å². The number of ether oxygens (including phenoxy) is 1. The molecule has 3 rings (SSSR count). The minimum Gasteiger partial charge on any atom is -0.472 e. The van der Waals surface area contributed by atoms with Crippen LogP contribution in [0, 0.1) is 0 Å². The van der Waals surface area contributed by atoms with Crippen molar-refractivity contribution in [2.24, 2.45) is 0 Å². The summed E-state index contributed by atoms with van der Waals surface area (Å²) in [4.78, 5) is 8.30. The fraction of sp³-hybridized carbons (Fsp3) is 0.286. The summed E-state index contributed by atoms with van der Waals surface area (Å²) in [6.45, 7) is 3.60. The van der Waals surface area contributed by atoms with Crippen molar-refractivity contribution in [3.63, 3.8) is 0 Å². The van der Waals surface area contributed by atoms with Gasteiger partial charge in [0.15, 0.2) is 5.82 Å². The highest BCUT2D eigenvalue weighted by Gasteiger charge is 2.30. The van der Waals surface area contributed by atoms with Crippen LogP contribution in [0.25, 0.3) is 11.3 Å². The lowest BCUT2D eigenvalue weighted by molar-refractivity contribution is -0.137. The molecule has 0 atom stereocenters. The molecule has 2 aromatic heterocycles. The first kappa shape index (κ1) is 16.0. The average molecular weight is 339 g/mol. The van der Waals surface area contributed by atoms with E-state index in [1.165, 1.54) is 12.1 Å². The Morgan fingerprint density at radius 2 is 1.67 bits per heavy atom. The number of nitrogens with zero attached hydrogens (tertiary/aromatic N) is 4. The average Bonchev–Trinajstić information content (AvgIpc) is 2.93. The van der Waals surface area contributed by atoms with E-state index in [0.717, 1.165) is 12.1 Å². The molecular formula is C14H12F3N5O2. The van der Waals surface area contributed by atoms with Gasteiger partial charge < -0.3 is 10.1 Å². The summed E-state index contributed by atoms with van der Waals surface area (Å²) in [6.07, 6.45) is -4.58. The molecule has 0 aliphatic heterocycles. The van der Waals surface area contributed by atoms with Gasteiger partial charge in [-0.05, 0) is 48.4 Å². The minimum absolute atomic E-state index is 0.146. The van der Waals surface area contributed by atoms with Crippen molar-refractivity contribution in [3.8, 4) is 5.88 Å². The number of halogens is 3. The van der Waals surface area contributed by atoms with Crippen LogP contribution in [0.3, 0.4) is 0 Å². The van der Waals surface area contributed by atoms with Gasteiger partial charge in [0.2, 0.25) is 11.3 Å². The Morgan fingerprint density at radius 1 is 1.04 bits per heavy atom. The van der Waals surface area contributed by atoms with Gasteiger partial charge >= 0.3 is 6.18 Å². The highest BCUT2D eigenvalue weighted by molar-refractivity contribution is 5.71. The standard InChI is InChI=1S/C14H12F3N5O2/c1-7(2)23-13-12(19-10-11(20-13)22-24-21-10)18-9-5-3-8(4-6-9)14(15,16)17/h3-7H,1-2H3,(H,18,19,21). The largest absolute Gasteiger partial charge is 0.472 e. The molecule has 0 radical (unpaired) electrons. The summed E-state index contributed by atoms with van der Waals surface area (Å²) in [5.74, 6) is 0.347. The third kappa shape index (κ3) is 3.36. The lowest BCUT2D eigenvalue weighted by atomic mass is 10.2. The molecular weight excluding hydrogens is 327 g/mol. The van der Waals surface area contributed by atoms with Crippen LogP contribution in [0.15, 0.2) is 28.9 Å². The molecule has 0 spiro atoms. The maximum Gasteiger partial charge on any atom is 0.416 e. The predicted octanol–water partition coefficient (Wildman–Crippen LogP) is 3.56. The van der Waals surface area contributed by atoms with Crippen molar-refractivity contribution in [2.75, 3.05) is 5.32 Å². The van der Waals surface area contributed by atoms with Crippen LogP contribution in [0.4, 0.5) is 24.7 Å². The molecule has 0 bridgehead atoms. The zero-order chi connectivity index (χ0) is 17.3. The van der Waals surface area contributed by atoms with Crippen LogP contribution in [0.1, 0.15) is 19.4 Å². The Kier molecular flexibility index (Phi) is 3.96. The van der Waals surface area contributed by atoms with Gasteiger partial charge in [-0.25, -0.2) is 4.63 Å². The normalized spacial score (nSPS) is 11.9. The molecule has 126 valence electrons. The molecule has 0 saturated heterocycles. The van der Waals surface area contributed by atoms with Crippen LogP contribution in [-0.2, 0) is 6.18 Å². The molecule has 0 aliphatic carbocycles. The number of benzene rings is 1. The van der Waals surface area contributed by atoms with E-state index in [-0.39, 0.29) is 29.1 Å². The fourth-order valence-electron chi connectivity index (χ4n) is 1.89. The van der Waals surface area contributed by atoms with E-state index < -0.39 is 11.7 Å². The second-order valence-corrected chi connectivity index (χ2v) is 5.16. The van der Waals surface area contributed by atoms with Crippen molar-refractivity contribution in [2.45, 2.75) is 26.1 Å². The molecule has 1 N–H and O–H groups in total. The molecule has 0 fully saturated rings. The van der Waals surface area contributed by atoms with E-state index >= 15 is 0 Å². The number of hydrogen-bond donors (Lipinski definition) is 1. The maximum absolute atomic E-state index is 12.6. The Morgan fingerprint density at radius 3 is 2.25 bits per heavy atom. The highest BCUT2D eigenvalue weighted by atomic mass is 19.4. The van der Waals surface area contributed by atoms with Gasteiger partial charge in [0.25, 0.3) is 5.88 Å². The SMILES string of the molecule is CC(C)Oc1nc2nonc2nc1Nc1ccc(C(F)(F)F)cc1. The molecule has 1 aromatic carbocycles. The first-order chi connectivity index (χ1) is 11.3. The second-order valence-electron chi connectivity index (χ2n) is 5.16. The van der Waals surface area contributed by atoms with E-state index in [9.17, 15) is 13.2 Å². The minimum atomic E-state index is -4.39. The summed E-state index contributed by atoms with van der Waals surface area (Å²) >= 11 is 0. The number of fused-ring (bicyclic) bond motifs is 1. The van der Waals surface area contributed by atoms with Gasteiger partial charge in [-0.15, -0.1) is 0 Å². The summed E-state index contributed by atoms with van der Waals surface area (Å²) in [6, 6.07) is 4.51. The summed E-state index contributed by atoms with van der Waals surface area (Å²) in [7, 11) is 0. The van der Waals surface area contributed by atoms with E-state index in [1.54, 1.807) is 13.8 Å². The van der Waals surface area contributed by atoms with Crippen molar-refractivity contribution < 1.29 is 22.5 Å². The maximum atomic E-state index is 12.6. The molecule has 24 heavy (non-hydrogen) atoms.